The van der Waals surface area contributed by atoms with Crippen molar-refractivity contribution >= 4 is 11.7 Å². The number of aliphatic hydroxyl groups is 1. The highest BCUT2D eigenvalue weighted by Crippen LogP contribution is 2.13. The second-order valence-electron chi connectivity index (χ2n) is 3.55. The standard InChI is InChI=1S/C12H14F2N2O2/c1-2-3-16(4-5-17)12(18)15-11-7-9(13)6-10(14)8-11/h2,6-8,17H,1,3-5H2,(H,15,18). The van der Waals surface area contributed by atoms with Gasteiger partial charge in [0.05, 0.1) is 6.61 Å². The Hall–Kier alpha value is -1.95. The molecule has 0 heterocycles. The summed E-state index contributed by atoms with van der Waals surface area (Å²) in [5.41, 5.74) is 0.0181. The fourth-order valence-electron chi connectivity index (χ4n) is 1.38. The number of aliphatic hydroxyl groups excluding tert-OH is 1. The van der Waals surface area contributed by atoms with Crippen LogP contribution in [-0.2, 0) is 0 Å². The van der Waals surface area contributed by atoms with E-state index in [0.717, 1.165) is 12.1 Å². The third kappa shape index (κ3) is 4.14. The van der Waals surface area contributed by atoms with Crippen LogP contribution in [0.25, 0.3) is 0 Å². The Bertz CT molecular complexity index is 418. The Balaban J connectivity index is 2.75. The van der Waals surface area contributed by atoms with E-state index in [2.05, 4.69) is 11.9 Å². The lowest BCUT2D eigenvalue weighted by Gasteiger charge is -2.20. The van der Waals surface area contributed by atoms with Gasteiger partial charge in [-0.2, -0.15) is 0 Å². The van der Waals surface area contributed by atoms with Crippen LogP contribution >= 0.6 is 0 Å². The second kappa shape index (κ2) is 6.70. The molecule has 98 valence electrons. The molecule has 1 rings (SSSR count). The lowest BCUT2D eigenvalue weighted by molar-refractivity contribution is 0.195. The molecule has 0 aliphatic rings. The van der Waals surface area contributed by atoms with Crippen LogP contribution in [0.3, 0.4) is 0 Å². The summed E-state index contributed by atoms with van der Waals surface area (Å²) < 4.78 is 25.8. The molecule has 0 atom stereocenters. The zero-order chi connectivity index (χ0) is 13.5. The van der Waals surface area contributed by atoms with E-state index in [9.17, 15) is 13.6 Å². The van der Waals surface area contributed by atoms with Gasteiger partial charge < -0.3 is 15.3 Å². The van der Waals surface area contributed by atoms with E-state index in [1.165, 1.54) is 11.0 Å². The maximum atomic E-state index is 12.9. The maximum Gasteiger partial charge on any atom is 0.322 e. The molecule has 0 aliphatic carbocycles. The van der Waals surface area contributed by atoms with E-state index in [-0.39, 0.29) is 25.4 Å². The van der Waals surface area contributed by atoms with Crippen molar-refractivity contribution < 1.29 is 18.7 Å². The number of urea groups is 1. The van der Waals surface area contributed by atoms with Crippen LogP contribution in [0.15, 0.2) is 30.9 Å². The molecule has 18 heavy (non-hydrogen) atoms. The maximum absolute atomic E-state index is 12.9. The van der Waals surface area contributed by atoms with Crippen LogP contribution in [-0.4, -0.2) is 35.7 Å². The third-order valence-electron chi connectivity index (χ3n) is 2.12. The predicted octanol–water partition coefficient (Wildman–Crippen LogP) is 1.98. The SMILES string of the molecule is C=CCN(CCO)C(=O)Nc1cc(F)cc(F)c1. The normalized spacial score (nSPS) is 9.94. The molecular formula is C12H14F2N2O2. The molecule has 0 unspecified atom stereocenters. The number of nitrogens with zero attached hydrogens (tertiary/aromatic N) is 1. The summed E-state index contributed by atoms with van der Waals surface area (Å²) in [6.07, 6.45) is 1.49. The predicted molar refractivity (Wildman–Crippen MR) is 64.2 cm³/mol. The van der Waals surface area contributed by atoms with Gasteiger partial charge in [-0.15, -0.1) is 6.58 Å². The Labute approximate surface area is 104 Å². The molecule has 0 fully saturated rings. The Morgan fingerprint density at radius 1 is 1.39 bits per heavy atom. The van der Waals surface area contributed by atoms with Crippen LogP contribution in [0.2, 0.25) is 0 Å². The molecule has 0 aromatic heterocycles. The summed E-state index contributed by atoms with van der Waals surface area (Å²) in [7, 11) is 0. The van der Waals surface area contributed by atoms with Crippen LogP contribution in [0, 0.1) is 11.6 Å². The van der Waals surface area contributed by atoms with Crippen LogP contribution < -0.4 is 5.32 Å². The molecule has 2 N–H and O–H groups in total. The molecule has 4 nitrogen and oxygen atoms in total. The first-order valence-electron chi connectivity index (χ1n) is 5.30. The summed E-state index contributed by atoms with van der Waals surface area (Å²) in [6, 6.07) is 2.16. The van der Waals surface area contributed by atoms with E-state index in [4.69, 9.17) is 5.11 Å². The van der Waals surface area contributed by atoms with Gasteiger partial charge in [0.1, 0.15) is 11.6 Å². The van der Waals surface area contributed by atoms with Gasteiger partial charge in [-0.05, 0) is 12.1 Å². The minimum atomic E-state index is -0.775. The lowest BCUT2D eigenvalue weighted by Crippen LogP contribution is -2.37. The van der Waals surface area contributed by atoms with E-state index >= 15 is 0 Å². The molecule has 0 saturated carbocycles. The average molecular weight is 256 g/mol. The van der Waals surface area contributed by atoms with Gasteiger partial charge >= 0.3 is 6.03 Å². The van der Waals surface area contributed by atoms with Crippen LogP contribution in [0.1, 0.15) is 0 Å². The molecule has 1 aromatic rings. The monoisotopic (exact) mass is 256 g/mol. The number of carbonyl (C=O) groups is 1. The fraction of sp³-hybridized carbons (Fsp3) is 0.250. The van der Waals surface area contributed by atoms with Crippen molar-refractivity contribution in [1.29, 1.82) is 0 Å². The van der Waals surface area contributed by atoms with Crippen molar-refractivity contribution in [2.24, 2.45) is 0 Å². The number of halogens is 2. The van der Waals surface area contributed by atoms with Crippen molar-refractivity contribution in [3.8, 4) is 0 Å². The van der Waals surface area contributed by atoms with Crippen LogP contribution in [0.4, 0.5) is 19.3 Å². The lowest BCUT2D eigenvalue weighted by atomic mass is 10.3. The van der Waals surface area contributed by atoms with Crippen molar-refractivity contribution in [2.45, 2.75) is 0 Å². The van der Waals surface area contributed by atoms with E-state index in [1.807, 2.05) is 0 Å². The Morgan fingerprint density at radius 2 is 2.00 bits per heavy atom. The summed E-state index contributed by atoms with van der Waals surface area (Å²) in [5, 5.41) is 11.1. The van der Waals surface area contributed by atoms with Crippen LogP contribution in [0.5, 0.6) is 0 Å². The fourth-order valence-corrected chi connectivity index (χ4v) is 1.38. The van der Waals surface area contributed by atoms with Gasteiger partial charge in [0.2, 0.25) is 0 Å². The molecule has 0 aliphatic heterocycles. The number of amides is 2. The molecule has 0 spiro atoms. The zero-order valence-electron chi connectivity index (χ0n) is 9.70. The van der Waals surface area contributed by atoms with Crippen molar-refractivity contribution in [3.05, 3.63) is 42.5 Å². The van der Waals surface area contributed by atoms with E-state index in [1.54, 1.807) is 0 Å². The van der Waals surface area contributed by atoms with Gasteiger partial charge in [0.15, 0.2) is 0 Å². The topological polar surface area (TPSA) is 52.6 Å². The quantitative estimate of drug-likeness (QED) is 0.791. The molecular weight excluding hydrogens is 242 g/mol. The minimum Gasteiger partial charge on any atom is -0.395 e. The summed E-state index contributed by atoms with van der Waals surface area (Å²) in [4.78, 5) is 13.0. The third-order valence-corrected chi connectivity index (χ3v) is 2.12. The van der Waals surface area contributed by atoms with E-state index in [0.29, 0.717) is 6.07 Å². The smallest absolute Gasteiger partial charge is 0.322 e. The highest BCUT2D eigenvalue weighted by atomic mass is 19.1. The number of anilines is 1. The van der Waals surface area contributed by atoms with Gasteiger partial charge in [-0.25, -0.2) is 13.6 Å². The number of hydrogen-bond acceptors (Lipinski definition) is 2. The number of rotatable bonds is 5. The van der Waals surface area contributed by atoms with Gasteiger partial charge in [-0.1, -0.05) is 6.08 Å². The molecule has 1 aromatic carbocycles. The molecule has 0 saturated heterocycles. The number of carbonyl (C=O) groups excluding carboxylic acids is 1. The highest BCUT2D eigenvalue weighted by Gasteiger charge is 2.12. The molecule has 2 amide bonds. The van der Waals surface area contributed by atoms with Crippen molar-refractivity contribution in [1.82, 2.24) is 4.90 Å². The second-order valence-corrected chi connectivity index (χ2v) is 3.55. The first kappa shape index (κ1) is 14.1. The molecule has 6 heteroatoms. The highest BCUT2D eigenvalue weighted by molar-refractivity contribution is 5.89. The van der Waals surface area contributed by atoms with Gasteiger partial charge in [0.25, 0.3) is 0 Å². The van der Waals surface area contributed by atoms with Gasteiger partial charge in [0, 0.05) is 24.8 Å². The summed E-state index contributed by atoms with van der Waals surface area (Å²) in [6.45, 7) is 3.60. The average Bonchev–Trinajstić information content (AvgIpc) is 2.27. The number of benzene rings is 1. The zero-order valence-corrected chi connectivity index (χ0v) is 9.70. The summed E-state index contributed by atoms with van der Waals surface area (Å²) >= 11 is 0. The largest absolute Gasteiger partial charge is 0.395 e. The van der Waals surface area contributed by atoms with Crippen molar-refractivity contribution in [2.75, 3.05) is 25.0 Å². The number of hydrogen-bond donors (Lipinski definition) is 2. The Morgan fingerprint density at radius 3 is 2.50 bits per heavy atom. The molecule has 0 bridgehead atoms. The molecule has 0 radical (unpaired) electrons. The first-order valence-corrected chi connectivity index (χ1v) is 5.30. The van der Waals surface area contributed by atoms with Gasteiger partial charge in [-0.3, -0.25) is 0 Å². The minimum absolute atomic E-state index is 0.0181. The first-order chi connectivity index (χ1) is 8.56. The van der Waals surface area contributed by atoms with Crippen molar-refractivity contribution in [3.63, 3.8) is 0 Å². The Kier molecular flexibility index (Phi) is 5.26. The van der Waals surface area contributed by atoms with E-state index < -0.39 is 17.7 Å². The summed E-state index contributed by atoms with van der Waals surface area (Å²) in [5.74, 6) is -1.55. The number of nitrogens with one attached hydrogen (secondary N) is 1.